The Morgan fingerprint density at radius 1 is 1.69 bits per heavy atom. The summed E-state index contributed by atoms with van der Waals surface area (Å²) in [5.41, 5.74) is 9.62. The molecule has 0 radical (unpaired) electrons. The first-order valence-corrected chi connectivity index (χ1v) is 5.25. The summed E-state index contributed by atoms with van der Waals surface area (Å²) in [6.45, 7) is 1.45. The van der Waals surface area contributed by atoms with Gasteiger partial charge in [-0.2, -0.15) is 0 Å². The van der Waals surface area contributed by atoms with E-state index in [1.807, 2.05) is 0 Å². The third kappa shape index (κ3) is 4.56. The van der Waals surface area contributed by atoms with Gasteiger partial charge >= 0.3 is 5.91 Å². The predicted octanol–water partition coefficient (Wildman–Crippen LogP) is -0.817. The lowest BCUT2D eigenvalue weighted by atomic mass is 10.2. The fourth-order valence-corrected chi connectivity index (χ4v) is 1.17. The van der Waals surface area contributed by atoms with Gasteiger partial charge in [0.1, 0.15) is 0 Å². The summed E-state index contributed by atoms with van der Waals surface area (Å²) in [5.74, 6) is -1.03. The summed E-state index contributed by atoms with van der Waals surface area (Å²) < 4.78 is 10.7. The van der Waals surface area contributed by atoms with Crippen molar-refractivity contribution in [3.05, 3.63) is 10.1 Å². The van der Waals surface area contributed by atoms with Crippen LogP contribution in [0.15, 0.2) is 0 Å². The molecule has 1 amide bonds. The van der Waals surface area contributed by atoms with E-state index >= 15 is 0 Å². The van der Waals surface area contributed by atoms with Gasteiger partial charge in [-0.15, -0.1) is 0 Å². The molecular weight excluding hydrogens is 199 g/mol. The number of nitrogens with one attached hydrogen (secondary N) is 1. The van der Waals surface area contributed by atoms with Crippen molar-refractivity contribution >= 4 is 13.5 Å². The van der Waals surface area contributed by atoms with Crippen LogP contribution in [0.4, 0.5) is 0 Å². The first-order valence-electron chi connectivity index (χ1n) is 3.40. The number of rotatable bonds is 4. The highest BCUT2D eigenvalue weighted by molar-refractivity contribution is 7.57. The van der Waals surface area contributed by atoms with E-state index in [0.717, 1.165) is 0 Å². The minimum atomic E-state index is -3.73. The van der Waals surface area contributed by atoms with Gasteiger partial charge in [0.2, 0.25) is 0 Å². The molecule has 1 atom stereocenters. The van der Waals surface area contributed by atoms with Crippen LogP contribution in [-0.4, -0.2) is 16.9 Å². The highest BCUT2D eigenvalue weighted by Gasteiger charge is 2.30. The normalized spacial score (nSPS) is 13.5. The summed E-state index contributed by atoms with van der Waals surface area (Å²) in [4.78, 5) is 20.4. The average Bonchev–Trinajstić information content (AvgIpc) is 1.82. The van der Waals surface area contributed by atoms with Crippen LogP contribution in [-0.2, 0) is 9.36 Å². The fourth-order valence-electron chi connectivity index (χ4n) is 0.677. The number of carbonyl (C=O) groups excluding carboxylic acids is 1. The second kappa shape index (κ2) is 4.31. The Kier molecular flexibility index (Phi) is 3.99. The fraction of sp³-hybridized carbons (Fsp3) is 0.750. The number of carbonyl (C=O) groups is 1. The maximum absolute atomic E-state index is 10.9. The molecule has 0 bridgehead atoms. The van der Waals surface area contributed by atoms with Crippen LogP contribution in [0.5, 0.6) is 0 Å². The lowest BCUT2D eigenvalue weighted by Gasteiger charge is -2.10. The molecule has 0 aliphatic carbocycles. The molecule has 1 unspecified atom stereocenters. The van der Waals surface area contributed by atoms with Crippen LogP contribution in [0.3, 0.4) is 0 Å². The average molecular weight is 210 g/mol. The van der Waals surface area contributed by atoms with Crippen molar-refractivity contribution in [2.75, 3.05) is 0 Å². The maximum Gasteiger partial charge on any atom is 0.302 e. The van der Waals surface area contributed by atoms with E-state index < -0.39 is 24.5 Å². The van der Waals surface area contributed by atoms with Crippen molar-refractivity contribution in [1.29, 1.82) is 0 Å². The van der Waals surface area contributed by atoms with Gasteiger partial charge in [0, 0.05) is 11.3 Å². The Balaban J connectivity index is 4.41. The number of nitrogens with zero attached hydrogens (tertiary/aromatic N) is 1. The molecule has 9 heteroatoms. The van der Waals surface area contributed by atoms with Crippen molar-refractivity contribution in [1.82, 2.24) is 5.09 Å². The lowest BCUT2D eigenvalue weighted by molar-refractivity contribution is -0.507. The lowest BCUT2D eigenvalue weighted by Crippen LogP contribution is -2.40. The van der Waals surface area contributed by atoms with E-state index in [9.17, 15) is 19.5 Å². The Morgan fingerprint density at radius 2 is 2.15 bits per heavy atom. The Hall–Kier alpha value is -0.980. The number of nitro groups is 1. The molecule has 0 heterocycles. The van der Waals surface area contributed by atoms with Crippen LogP contribution < -0.4 is 16.1 Å². The molecule has 0 saturated heterocycles. The van der Waals surface area contributed by atoms with Crippen molar-refractivity contribution in [3.8, 4) is 0 Å². The summed E-state index contributed by atoms with van der Waals surface area (Å²) in [6.07, 6.45) is -0.0150. The van der Waals surface area contributed by atoms with E-state index in [4.69, 9.17) is 11.0 Å². The summed E-state index contributed by atoms with van der Waals surface area (Å²) in [7, 11) is -3.73. The number of amides is 1. The first kappa shape index (κ1) is 12.0. The van der Waals surface area contributed by atoms with Gasteiger partial charge in [-0.05, 0) is 0 Å². The zero-order chi connectivity index (χ0) is 10.6. The van der Waals surface area contributed by atoms with Gasteiger partial charge < -0.3 is 0 Å². The number of hydrogen-bond donors (Lipinski definition) is 3. The van der Waals surface area contributed by atoms with E-state index in [-0.39, 0.29) is 6.42 Å². The molecule has 0 fully saturated rings. The molecule has 0 spiro atoms. The van der Waals surface area contributed by atoms with E-state index in [1.165, 1.54) is 6.92 Å². The van der Waals surface area contributed by atoms with E-state index in [1.54, 1.807) is 5.09 Å². The highest BCUT2D eigenvalue weighted by Crippen LogP contribution is 2.18. The molecular formula is C4H11N4O4P. The van der Waals surface area contributed by atoms with Crippen LogP contribution in [0.2, 0.25) is 0 Å². The minimum absolute atomic E-state index is 0.0150. The quantitative estimate of drug-likeness (QED) is 0.314. The second-order valence-electron chi connectivity index (χ2n) is 2.39. The molecule has 0 saturated carbocycles. The maximum atomic E-state index is 10.9. The molecule has 0 rings (SSSR count). The van der Waals surface area contributed by atoms with Gasteiger partial charge in [-0.3, -0.25) is 35.6 Å². The van der Waals surface area contributed by atoms with Crippen LogP contribution in [0.25, 0.3) is 0 Å². The molecule has 0 aromatic rings. The second-order valence-corrected chi connectivity index (χ2v) is 4.04. The van der Waals surface area contributed by atoms with Crippen LogP contribution in [0, 0.1) is 10.1 Å². The molecule has 0 aliphatic heterocycles. The minimum Gasteiger partial charge on any atom is -0.277 e. The van der Waals surface area contributed by atoms with Gasteiger partial charge in [-0.1, -0.05) is 6.92 Å². The molecule has 0 aromatic carbocycles. The van der Waals surface area contributed by atoms with Gasteiger partial charge in [0.25, 0.3) is 13.6 Å². The van der Waals surface area contributed by atoms with Crippen molar-refractivity contribution in [2.45, 2.75) is 19.4 Å². The van der Waals surface area contributed by atoms with Gasteiger partial charge in [0.05, 0.1) is 0 Å². The Morgan fingerprint density at radius 3 is 2.38 bits per heavy atom. The van der Waals surface area contributed by atoms with Crippen molar-refractivity contribution < 1.29 is 14.3 Å². The standard InChI is InChI=1S/C4H11N4O4P/c1-2-3(8(10)11)4(9)7-13(5,6)12/h3H,2H2,1H3,(H5,5,6,7,9,12). The van der Waals surface area contributed by atoms with E-state index in [0.29, 0.717) is 0 Å². The monoisotopic (exact) mass is 210 g/mol. The summed E-state index contributed by atoms with van der Waals surface area (Å²) in [5, 5.41) is 11.9. The smallest absolute Gasteiger partial charge is 0.277 e. The van der Waals surface area contributed by atoms with Crippen molar-refractivity contribution in [2.24, 2.45) is 11.0 Å². The molecule has 0 aromatic heterocycles. The molecule has 8 nitrogen and oxygen atoms in total. The van der Waals surface area contributed by atoms with Crippen LogP contribution in [0.1, 0.15) is 13.3 Å². The zero-order valence-electron chi connectivity index (χ0n) is 6.97. The first-order chi connectivity index (χ1) is 5.78. The van der Waals surface area contributed by atoms with Gasteiger partial charge in [0.15, 0.2) is 0 Å². The molecule has 0 aliphatic rings. The SMILES string of the molecule is CCC(C(=O)NP(N)(N)=O)[N+](=O)[O-]. The molecule has 13 heavy (non-hydrogen) atoms. The van der Waals surface area contributed by atoms with Crippen LogP contribution >= 0.6 is 7.59 Å². The zero-order valence-corrected chi connectivity index (χ0v) is 7.86. The highest BCUT2D eigenvalue weighted by atomic mass is 31.2. The van der Waals surface area contributed by atoms with Gasteiger partial charge in [-0.25, -0.2) is 0 Å². The largest absolute Gasteiger partial charge is 0.302 e. The number of hydrogen-bond acceptors (Lipinski definition) is 4. The van der Waals surface area contributed by atoms with Crippen molar-refractivity contribution in [3.63, 3.8) is 0 Å². The van der Waals surface area contributed by atoms with E-state index in [2.05, 4.69) is 0 Å². The predicted molar refractivity (Wildman–Crippen MR) is 45.2 cm³/mol. The topological polar surface area (TPSA) is 141 Å². The Bertz CT molecular complexity index is 261. The Labute approximate surface area is 74.3 Å². The summed E-state index contributed by atoms with van der Waals surface area (Å²) >= 11 is 0. The summed E-state index contributed by atoms with van der Waals surface area (Å²) in [6, 6.07) is -1.46. The number of nitrogens with two attached hydrogens (primary N) is 2. The molecule has 76 valence electrons. The molecule has 5 N–H and O–H groups in total. The third-order valence-corrected chi connectivity index (χ3v) is 1.80. The third-order valence-electron chi connectivity index (χ3n) is 1.23.